The number of rotatable bonds is 3. The van der Waals surface area contributed by atoms with Gasteiger partial charge in [0.1, 0.15) is 0 Å². The number of piperazine rings is 3. The van der Waals surface area contributed by atoms with E-state index in [-0.39, 0.29) is 0 Å². The molecule has 5 heteroatoms. The molecular weight excluding hydrogens is 262 g/mol. The summed E-state index contributed by atoms with van der Waals surface area (Å²) in [7, 11) is 0. The Hall–Kier alpha value is -0.810. The van der Waals surface area contributed by atoms with Crippen molar-refractivity contribution >= 4 is 5.96 Å². The molecule has 0 radical (unpaired) electrons. The summed E-state index contributed by atoms with van der Waals surface area (Å²) in [5.74, 6) is 2.01. The summed E-state index contributed by atoms with van der Waals surface area (Å²) in [5.41, 5.74) is 0. The van der Waals surface area contributed by atoms with E-state index in [1.807, 2.05) is 0 Å². The predicted octanol–water partition coefficient (Wildman–Crippen LogP) is 0.684. The Balaban J connectivity index is 1.58. The maximum Gasteiger partial charge on any atom is 0.193 e. The SMILES string of the molecule is CCNC(=NCC1CN2CCN1CC2)N1CCC(C)CC1. The second-order valence-electron chi connectivity index (χ2n) is 6.85. The van der Waals surface area contributed by atoms with E-state index < -0.39 is 0 Å². The molecule has 1 unspecified atom stereocenters. The van der Waals surface area contributed by atoms with Crippen LogP contribution in [0.1, 0.15) is 26.7 Å². The summed E-state index contributed by atoms with van der Waals surface area (Å²) in [6.07, 6.45) is 2.60. The van der Waals surface area contributed by atoms with Crippen molar-refractivity contribution in [2.24, 2.45) is 10.9 Å². The standard InChI is InChI=1S/C16H31N5/c1-3-17-16(21-6-4-14(2)5-7-21)18-12-15-13-19-8-10-20(15)11-9-19/h14-15H,3-13H2,1-2H3,(H,17,18). The van der Waals surface area contributed by atoms with Crippen LogP contribution in [0.15, 0.2) is 4.99 Å². The largest absolute Gasteiger partial charge is 0.357 e. The fourth-order valence-electron chi connectivity index (χ4n) is 3.74. The number of fused-ring (bicyclic) bond motifs is 3. The van der Waals surface area contributed by atoms with E-state index in [1.165, 1.54) is 45.6 Å². The molecule has 4 aliphatic heterocycles. The van der Waals surface area contributed by atoms with Crippen molar-refractivity contribution in [2.45, 2.75) is 32.7 Å². The molecule has 0 aromatic carbocycles. The van der Waals surface area contributed by atoms with Crippen molar-refractivity contribution in [1.82, 2.24) is 20.0 Å². The van der Waals surface area contributed by atoms with Gasteiger partial charge >= 0.3 is 0 Å². The third-order valence-corrected chi connectivity index (χ3v) is 5.26. The molecule has 4 fully saturated rings. The summed E-state index contributed by atoms with van der Waals surface area (Å²) < 4.78 is 0. The zero-order valence-electron chi connectivity index (χ0n) is 13.7. The van der Waals surface area contributed by atoms with Gasteiger partial charge in [0.05, 0.1) is 6.54 Å². The molecular formula is C16H31N5. The molecule has 0 aromatic rings. The number of hydrogen-bond donors (Lipinski definition) is 1. The van der Waals surface area contributed by atoms with Crippen LogP contribution >= 0.6 is 0 Å². The first-order chi connectivity index (χ1) is 10.3. The Bertz CT molecular complexity index is 354. The Morgan fingerprint density at radius 1 is 1.10 bits per heavy atom. The average Bonchev–Trinajstić information content (AvgIpc) is 2.53. The van der Waals surface area contributed by atoms with Gasteiger partial charge in [-0.3, -0.25) is 14.8 Å². The highest BCUT2D eigenvalue weighted by molar-refractivity contribution is 5.80. The topological polar surface area (TPSA) is 34.1 Å². The van der Waals surface area contributed by atoms with Gasteiger partial charge in [0.25, 0.3) is 0 Å². The quantitative estimate of drug-likeness (QED) is 0.613. The number of nitrogens with zero attached hydrogens (tertiary/aromatic N) is 4. The first kappa shape index (κ1) is 15.1. The molecule has 4 rings (SSSR count). The maximum absolute atomic E-state index is 4.97. The van der Waals surface area contributed by atoms with Crippen molar-refractivity contribution in [3.8, 4) is 0 Å². The second-order valence-corrected chi connectivity index (χ2v) is 6.85. The van der Waals surface area contributed by atoms with Crippen LogP contribution in [0.25, 0.3) is 0 Å². The molecule has 4 heterocycles. The van der Waals surface area contributed by atoms with Crippen LogP contribution in [0.4, 0.5) is 0 Å². The second kappa shape index (κ2) is 6.97. The van der Waals surface area contributed by atoms with Crippen LogP contribution in [-0.4, -0.2) is 85.6 Å². The lowest BCUT2D eigenvalue weighted by Gasteiger charge is -2.47. The Labute approximate surface area is 129 Å². The van der Waals surface area contributed by atoms with E-state index in [1.54, 1.807) is 0 Å². The van der Waals surface area contributed by atoms with E-state index in [4.69, 9.17) is 4.99 Å². The number of nitrogens with one attached hydrogen (secondary N) is 1. The minimum atomic E-state index is 0.630. The lowest BCUT2D eigenvalue weighted by molar-refractivity contribution is 0.0173. The molecule has 0 aliphatic carbocycles. The lowest BCUT2D eigenvalue weighted by Crippen LogP contribution is -2.62. The highest BCUT2D eigenvalue weighted by Crippen LogP contribution is 2.18. The molecule has 120 valence electrons. The average molecular weight is 293 g/mol. The van der Waals surface area contributed by atoms with Gasteiger partial charge in [-0.1, -0.05) is 6.92 Å². The zero-order chi connectivity index (χ0) is 14.7. The number of likely N-dealkylation sites (tertiary alicyclic amines) is 1. The van der Waals surface area contributed by atoms with E-state index in [0.29, 0.717) is 6.04 Å². The highest BCUT2D eigenvalue weighted by atomic mass is 15.4. The third-order valence-electron chi connectivity index (χ3n) is 5.26. The molecule has 0 spiro atoms. The zero-order valence-corrected chi connectivity index (χ0v) is 13.7. The molecule has 4 aliphatic rings. The molecule has 0 saturated carbocycles. The highest BCUT2D eigenvalue weighted by Gasteiger charge is 2.31. The van der Waals surface area contributed by atoms with E-state index in [9.17, 15) is 0 Å². The fourth-order valence-corrected chi connectivity index (χ4v) is 3.74. The maximum atomic E-state index is 4.97. The molecule has 4 saturated heterocycles. The van der Waals surface area contributed by atoms with Crippen LogP contribution in [0.3, 0.4) is 0 Å². The minimum absolute atomic E-state index is 0.630. The summed E-state index contributed by atoms with van der Waals surface area (Å²) in [6, 6.07) is 0.630. The molecule has 0 amide bonds. The van der Waals surface area contributed by atoms with Gasteiger partial charge in [-0.05, 0) is 25.7 Å². The van der Waals surface area contributed by atoms with Crippen LogP contribution in [0, 0.1) is 5.92 Å². The molecule has 2 bridgehead atoms. The monoisotopic (exact) mass is 293 g/mol. The van der Waals surface area contributed by atoms with Crippen LogP contribution in [0.2, 0.25) is 0 Å². The van der Waals surface area contributed by atoms with Gasteiger partial charge in [-0.2, -0.15) is 0 Å². The normalized spacial score (nSPS) is 34.3. The van der Waals surface area contributed by atoms with E-state index >= 15 is 0 Å². The smallest absolute Gasteiger partial charge is 0.193 e. The minimum Gasteiger partial charge on any atom is -0.357 e. The fraction of sp³-hybridized carbons (Fsp3) is 0.938. The molecule has 1 atom stereocenters. The van der Waals surface area contributed by atoms with Crippen molar-refractivity contribution in [2.75, 3.05) is 58.9 Å². The number of aliphatic imine (C=N–C) groups is 1. The van der Waals surface area contributed by atoms with Crippen LogP contribution in [-0.2, 0) is 0 Å². The summed E-state index contributed by atoms with van der Waals surface area (Å²) in [4.78, 5) is 12.6. The van der Waals surface area contributed by atoms with Crippen LogP contribution < -0.4 is 5.32 Å². The van der Waals surface area contributed by atoms with Gasteiger partial charge in [-0.15, -0.1) is 0 Å². The number of piperidine rings is 1. The predicted molar refractivity (Wildman–Crippen MR) is 87.8 cm³/mol. The molecule has 0 aromatic heterocycles. The lowest BCUT2D eigenvalue weighted by atomic mass is 9.99. The van der Waals surface area contributed by atoms with Gasteiger partial charge < -0.3 is 10.2 Å². The Morgan fingerprint density at radius 2 is 1.81 bits per heavy atom. The van der Waals surface area contributed by atoms with Crippen LogP contribution in [0.5, 0.6) is 0 Å². The Kier molecular flexibility index (Phi) is 5.01. The van der Waals surface area contributed by atoms with Crippen molar-refractivity contribution in [3.63, 3.8) is 0 Å². The summed E-state index contributed by atoms with van der Waals surface area (Å²) >= 11 is 0. The number of guanidine groups is 1. The van der Waals surface area contributed by atoms with E-state index in [2.05, 4.69) is 33.9 Å². The van der Waals surface area contributed by atoms with Gasteiger partial charge in [0, 0.05) is 58.4 Å². The van der Waals surface area contributed by atoms with Gasteiger partial charge in [-0.25, -0.2) is 0 Å². The molecule has 5 nitrogen and oxygen atoms in total. The summed E-state index contributed by atoms with van der Waals surface area (Å²) in [6.45, 7) is 14.9. The van der Waals surface area contributed by atoms with E-state index in [0.717, 1.165) is 38.1 Å². The van der Waals surface area contributed by atoms with Crippen molar-refractivity contribution in [1.29, 1.82) is 0 Å². The van der Waals surface area contributed by atoms with Crippen molar-refractivity contribution in [3.05, 3.63) is 0 Å². The molecule has 21 heavy (non-hydrogen) atoms. The van der Waals surface area contributed by atoms with Crippen molar-refractivity contribution < 1.29 is 0 Å². The first-order valence-corrected chi connectivity index (χ1v) is 8.76. The first-order valence-electron chi connectivity index (χ1n) is 8.76. The van der Waals surface area contributed by atoms with Gasteiger partial charge in [0.15, 0.2) is 5.96 Å². The third kappa shape index (κ3) is 3.69. The van der Waals surface area contributed by atoms with Gasteiger partial charge in [0.2, 0.25) is 0 Å². The summed E-state index contributed by atoms with van der Waals surface area (Å²) in [5, 5.41) is 3.49. The molecule has 1 N–H and O–H groups in total. The number of hydrogen-bond acceptors (Lipinski definition) is 3. The Morgan fingerprint density at radius 3 is 2.38 bits per heavy atom.